The maximum Gasteiger partial charge on any atom is 0.169 e. The van der Waals surface area contributed by atoms with Gasteiger partial charge in [0, 0.05) is 25.1 Å². The molecule has 2 rings (SSSR count). The van der Waals surface area contributed by atoms with Crippen LogP contribution in [0.4, 0.5) is 0 Å². The smallest absolute Gasteiger partial charge is 0.169 e. The molecule has 3 nitrogen and oxygen atoms in total. The molecule has 0 fully saturated rings. The number of hydrogen-bond donors (Lipinski definition) is 1. The summed E-state index contributed by atoms with van der Waals surface area (Å²) >= 11 is 1.57. The molecule has 1 unspecified atom stereocenters. The van der Waals surface area contributed by atoms with Gasteiger partial charge in [0.15, 0.2) is 5.78 Å². The van der Waals surface area contributed by atoms with E-state index in [1.165, 1.54) is 0 Å². The van der Waals surface area contributed by atoms with Crippen molar-refractivity contribution in [2.45, 2.75) is 19.8 Å². The summed E-state index contributed by atoms with van der Waals surface area (Å²) in [5.74, 6) is 1.48. The van der Waals surface area contributed by atoms with Crippen molar-refractivity contribution in [2.75, 3.05) is 12.3 Å². The first-order chi connectivity index (χ1) is 6.68. The molecule has 0 aromatic rings. The van der Waals surface area contributed by atoms with Gasteiger partial charge in [-0.2, -0.15) is 0 Å². The van der Waals surface area contributed by atoms with E-state index in [0.717, 1.165) is 17.3 Å². The van der Waals surface area contributed by atoms with Crippen molar-refractivity contribution < 1.29 is 9.90 Å². The van der Waals surface area contributed by atoms with Crippen molar-refractivity contribution in [1.29, 1.82) is 0 Å². The van der Waals surface area contributed by atoms with Crippen LogP contribution in [0, 0.1) is 5.92 Å². The largest absolute Gasteiger partial charge is 0.511 e. The molecule has 0 amide bonds. The Morgan fingerprint density at radius 2 is 2.29 bits per heavy atom. The summed E-state index contributed by atoms with van der Waals surface area (Å²) in [6, 6.07) is 0. The summed E-state index contributed by atoms with van der Waals surface area (Å²) in [5.41, 5.74) is 0.491. The number of nitrogens with zero attached hydrogens (tertiary/aromatic N) is 1. The first-order valence-electron chi connectivity index (χ1n) is 4.81. The van der Waals surface area contributed by atoms with Crippen LogP contribution in [0.1, 0.15) is 19.8 Å². The Balaban J connectivity index is 2.31. The zero-order valence-corrected chi connectivity index (χ0v) is 8.93. The molecular formula is C10H13NO2S. The second-order valence-electron chi connectivity index (χ2n) is 3.79. The number of ketones is 1. The minimum atomic E-state index is 0.0504. The van der Waals surface area contributed by atoms with Crippen LogP contribution in [0.2, 0.25) is 0 Å². The van der Waals surface area contributed by atoms with Gasteiger partial charge in [0.25, 0.3) is 0 Å². The minimum absolute atomic E-state index is 0.0504. The van der Waals surface area contributed by atoms with E-state index in [2.05, 4.69) is 4.99 Å². The second kappa shape index (κ2) is 3.77. The standard InChI is InChI=1S/C10H13NO2S/c1-6-4-7(12)9(8(13)5-6)10-11-2-3-14-10/h6,12H,2-5H2,1H3. The summed E-state index contributed by atoms with van der Waals surface area (Å²) in [6.45, 7) is 2.74. The van der Waals surface area contributed by atoms with E-state index >= 15 is 0 Å². The van der Waals surface area contributed by atoms with Gasteiger partial charge >= 0.3 is 0 Å². The van der Waals surface area contributed by atoms with Crippen molar-refractivity contribution in [3.63, 3.8) is 0 Å². The highest BCUT2D eigenvalue weighted by Crippen LogP contribution is 2.30. The number of aliphatic hydroxyl groups is 1. The van der Waals surface area contributed by atoms with Crippen molar-refractivity contribution >= 4 is 22.6 Å². The predicted molar refractivity (Wildman–Crippen MR) is 57.8 cm³/mol. The molecule has 1 aliphatic carbocycles. The number of hydrogen-bond acceptors (Lipinski definition) is 4. The predicted octanol–water partition coefficient (Wildman–Crippen LogP) is 1.94. The fourth-order valence-corrected chi connectivity index (χ4v) is 2.75. The first-order valence-corrected chi connectivity index (χ1v) is 5.80. The molecular weight excluding hydrogens is 198 g/mol. The summed E-state index contributed by atoms with van der Waals surface area (Å²) in [6.07, 6.45) is 1.15. The Hall–Kier alpha value is -0.770. The highest BCUT2D eigenvalue weighted by Gasteiger charge is 2.29. The van der Waals surface area contributed by atoms with Gasteiger partial charge in [-0.15, -0.1) is 11.8 Å². The SMILES string of the molecule is CC1CC(=O)C(C2=NCCS2)=C(O)C1. The zero-order valence-electron chi connectivity index (χ0n) is 8.12. The van der Waals surface area contributed by atoms with E-state index in [4.69, 9.17) is 0 Å². The number of carbonyl (C=O) groups is 1. The van der Waals surface area contributed by atoms with Gasteiger partial charge in [0.1, 0.15) is 10.8 Å². The van der Waals surface area contributed by atoms with Crippen molar-refractivity contribution in [2.24, 2.45) is 10.9 Å². The zero-order chi connectivity index (χ0) is 10.1. The molecule has 1 aliphatic heterocycles. The number of aliphatic imine (C=N–C) groups is 1. The summed E-state index contributed by atoms with van der Waals surface area (Å²) < 4.78 is 0. The normalized spacial score (nSPS) is 28.2. The van der Waals surface area contributed by atoms with Gasteiger partial charge in [-0.05, 0) is 5.92 Å². The number of rotatable bonds is 1. The van der Waals surface area contributed by atoms with Crippen LogP contribution < -0.4 is 0 Å². The quantitative estimate of drug-likeness (QED) is 0.721. The number of carbonyl (C=O) groups excluding carboxylic acids is 1. The van der Waals surface area contributed by atoms with Crippen LogP contribution in [-0.2, 0) is 4.79 Å². The number of allylic oxidation sites excluding steroid dienone is 1. The van der Waals surface area contributed by atoms with Gasteiger partial charge in [0.05, 0.1) is 5.57 Å². The molecule has 1 N–H and O–H groups in total. The Morgan fingerprint density at radius 1 is 1.50 bits per heavy atom. The molecule has 4 heteroatoms. The third-order valence-corrected chi connectivity index (χ3v) is 3.44. The molecule has 0 bridgehead atoms. The molecule has 1 atom stereocenters. The average Bonchev–Trinajstić information content (AvgIpc) is 2.54. The van der Waals surface area contributed by atoms with E-state index in [-0.39, 0.29) is 17.5 Å². The van der Waals surface area contributed by atoms with Gasteiger partial charge in [-0.25, -0.2) is 0 Å². The van der Waals surface area contributed by atoms with Crippen LogP contribution in [0.3, 0.4) is 0 Å². The van der Waals surface area contributed by atoms with E-state index in [1.807, 2.05) is 6.92 Å². The molecule has 2 aliphatic rings. The molecule has 0 saturated carbocycles. The maximum absolute atomic E-state index is 11.7. The number of aliphatic hydroxyl groups excluding tert-OH is 1. The van der Waals surface area contributed by atoms with Crippen LogP contribution in [0.5, 0.6) is 0 Å². The topological polar surface area (TPSA) is 49.7 Å². The summed E-state index contributed by atoms with van der Waals surface area (Å²) in [7, 11) is 0. The Labute approximate surface area is 87.3 Å². The van der Waals surface area contributed by atoms with E-state index in [9.17, 15) is 9.90 Å². The number of thioether (sulfide) groups is 1. The molecule has 76 valence electrons. The van der Waals surface area contributed by atoms with E-state index in [0.29, 0.717) is 18.4 Å². The lowest BCUT2D eigenvalue weighted by molar-refractivity contribution is -0.116. The van der Waals surface area contributed by atoms with Crippen LogP contribution in [0.15, 0.2) is 16.3 Å². The molecule has 14 heavy (non-hydrogen) atoms. The van der Waals surface area contributed by atoms with Crippen LogP contribution in [0.25, 0.3) is 0 Å². The Kier molecular flexibility index (Phi) is 2.63. The highest BCUT2D eigenvalue weighted by molar-refractivity contribution is 8.14. The lowest BCUT2D eigenvalue weighted by atomic mass is 9.89. The lowest BCUT2D eigenvalue weighted by Gasteiger charge is -2.19. The van der Waals surface area contributed by atoms with Crippen LogP contribution >= 0.6 is 11.8 Å². The molecule has 0 aromatic heterocycles. The summed E-state index contributed by atoms with van der Waals surface area (Å²) in [4.78, 5) is 15.9. The molecule has 0 spiro atoms. The van der Waals surface area contributed by atoms with Gasteiger partial charge < -0.3 is 5.11 Å². The van der Waals surface area contributed by atoms with Crippen LogP contribution in [-0.4, -0.2) is 28.2 Å². The molecule has 1 heterocycles. The average molecular weight is 211 g/mol. The minimum Gasteiger partial charge on any atom is -0.511 e. The third-order valence-electron chi connectivity index (χ3n) is 2.44. The van der Waals surface area contributed by atoms with Crippen molar-refractivity contribution in [1.82, 2.24) is 0 Å². The maximum atomic E-state index is 11.7. The molecule has 0 saturated heterocycles. The van der Waals surface area contributed by atoms with Gasteiger partial charge in [0.2, 0.25) is 0 Å². The lowest BCUT2D eigenvalue weighted by Crippen LogP contribution is -2.21. The van der Waals surface area contributed by atoms with E-state index < -0.39 is 0 Å². The van der Waals surface area contributed by atoms with Gasteiger partial charge in [-0.3, -0.25) is 9.79 Å². The van der Waals surface area contributed by atoms with Crippen molar-refractivity contribution in [3.05, 3.63) is 11.3 Å². The third kappa shape index (κ3) is 1.71. The Morgan fingerprint density at radius 3 is 2.86 bits per heavy atom. The molecule has 0 radical (unpaired) electrons. The fraction of sp³-hybridized carbons (Fsp3) is 0.600. The monoisotopic (exact) mass is 211 g/mol. The van der Waals surface area contributed by atoms with E-state index in [1.54, 1.807) is 11.8 Å². The number of Topliss-reactive ketones (excluding diaryl/α,β-unsaturated/α-hetero) is 1. The molecule has 0 aromatic carbocycles. The Bertz CT molecular complexity index is 333. The van der Waals surface area contributed by atoms with Gasteiger partial charge in [-0.1, -0.05) is 6.92 Å². The first kappa shape index (κ1) is 9.77. The van der Waals surface area contributed by atoms with Crippen molar-refractivity contribution in [3.8, 4) is 0 Å². The second-order valence-corrected chi connectivity index (χ2v) is 4.88. The highest BCUT2D eigenvalue weighted by atomic mass is 32.2. The summed E-state index contributed by atoms with van der Waals surface area (Å²) in [5, 5.41) is 10.5. The fourth-order valence-electron chi connectivity index (χ4n) is 1.81.